The van der Waals surface area contributed by atoms with Crippen LogP contribution in [-0.2, 0) is 15.8 Å². The highest BCUT2D eigenvalue weighted by atomic mass is 32.1. The molecule has 0 aliphatic carbocycles. The molecule has 0 spiro atoms. The molecule has 3 aromatic carbocycles. The lowest BCUT2D eigenvalue weighted by Gasteiger charge is -2.43. The van der Waals surface area contributed by atoms with Crippen LogP contribution in [0.15, 0.2) is 66.9 Å². The third-order valence-corrected chi connectivity index (χ3v) is 13.7. The van der Waals surface area contributed by atoms with Crippen molar-refractivity contribution >= 4 is 74.7 Å². The van der Waals surface area contributed by atoms with Gasteiger partial charge in [-0.1, -0.05) is 0 Å². The first-order chi connectivity index (χ1) is 30.4. The van der Waals surface area contributed by atoms with Crippen LogP contribution in [0.25, 0.3) is 10.9 Å². The normalized spacial score (nSPS) is 19.2. The Labute approximate surface area is 375 Å². The first-order valence-corrected chi connectivity index (χ1v) is 22.2. The lowest BCUT2D eigenvalue weighted by Crippen LogP contribution is -2.49. The minimum absolute atomic E-state index is 0.0489. The second kappa shape index (κ2) is 17.2. The van der Waals surface area contributed by atoms with Crippen molar-refractivity contribution in [3.8, 4) is 6.07 Å². The number of carbonyl (C=O) groups excluding carboxylic acids is 4. The van der Waals surface area contributed by atoms with Gasteiger partial charge in [-0.05, 0) is 145 Å². The maximum atomic E-state index is 14.0. The van der Waals surface area contributed by atoms with Crippen LogP contribution in [0.3, 0.4) is 0 Å². The maximum absolute atomic E-state index is 14.0. The van der Waals surface area contributed by atoms with Gasteiger partial charge in [-0.2, -0.15) is 18.4 Å². The number of nitrogens with zero attached hydrogens (tertiary/aromatic N) is 8. The van der Waals surface area contributed by atoms with Gasteiger partial charge in [0, 0.05) is 80.3 Å². The Hall–Kier alpha value is -5.99. The van der Waals surface area contributed by atoms with Gasteiger partial charge >= 0.3 is 12.2 Å². The van der Waals surface area contributed by atoms with Crippen molar-refractivity contribution < 1.29 is 32.3 Å². The molecule has 13 nitrogen and oxygen atoms in total. The molecular formula is C47H52F3N9O4S. The van der Waals surface area contributed by atoms with E-state index in [1.807, 2.05) is 49.6 Å². The van der Waals surface area contributed by atoms with E-state index in [4.69, 9.17) is 12.2 Å². The number of alkyl halides is 3. The fourth-order valence-electron chi connectivity index (χ4n) is 9.79. The molecule has 4 fully saturated rings. The molecule has 1 aromatic heterocycles. The van der Waals surface area contributed by atoms with Crippen LogP contribution in [0.4, 0.5) is 40.7 Å². The largest absolute Gasteiger partial charge is 0.417 e. The van der Waals surface area contributed by atoms with Crippen molar-refractivity contribution in [2.75, 3.05) is 65.9 Å². The molecule has 336 valence electrons. The number of fused-ring (bicyclic) bond motifs is 1. The summed E-state index contributed by atoms with van der Waals surface area (Å²) >= 11 is 5.73. The van der Waals surface area contributed by atoms with Crippen molar-refractivity contribution in [2.24, 2.45) is 5.92 Å². The number of thiocarbonyl (C=S) groups is 1. The standard InChI is InChI=1S/C47H52F3N9O4S/c1-29(2)56-22-16-37-39(56)24-32(25-40(37)57-23-17-41(60)52-44(57)63)42(61)53(5)28-30-12-18-54(19-13-30)34-14-20-55(21-15-34)33-8-10-35(11-9-33)59-45(64)58(43(62)46(59,3)4)36-7-6-31(27-51)38(26-36)47(48,49)50/h6-11,16,22,24-26,29-30,34H,12-15,17-21,23,28H2,1-5H3,(H,52,60,63). The topological polar surface area (TPSA) is 128 Å². The number of nitriles is 1. The van der Waals surface area contributed by atoms with Gasteiger partial charge in [0.25, 0.3) is 11.8 Å². The molecule has 0 atom stereocenters. The number of nitrogens with one attached hydrogen (secondary N) is 1. The number of halogens is 3. The van der Waals surface area contributed by atoms with Gasteiger partial charge in [0.15, 0.2) is 5.11 Å². The molecule has 0 bridgehead atoms. The molecule has 0 unspecified atom stereocenters. The molecule has 5 heterocycles. The van der Waals surface area contributed by atoms with E-state index in [1.165, 1.54) is 6.07 Å². The molecule has 1 N–H and O–H groups in total. The summed E-state index contributed by atoms with van der Waals surface area (Å²) in [6, 6.07) is 18.2. The monoisotopic (exact) mass is 895 g/mol. The molecule has 4 saturated heterocycles. The van der Waals surface area contributed by atoms with Crippen molar-refractivity contribution in [2.45, 2.75) is 83.6 Å². The summed E-state index contributed by atoms with van der Waals surface area (Å²) in [5.41, 5.74) is 0.769. The Balaban J connectivity index is 0.858. The number of piperidine rings is 2. The van der Waals surface area contributed by atoms with Crippen LogP contribution in [0.2, 0.25) is 0 Å². The van der Waals surface area contributed by atoms with Gasteiger partial charge in [-0.25, -0.2) is 4.79 Å². The first-order valence-electron chi connectivity index (χ1n) is 21.8. The minimum Gasteiger partial charge on any atom is -0.371 e. The average Bonchev–Trinajstić information content (AvgIpc) is 3.78. The Kier molecular flexibility index (Phi) is 12.0. The molecule has 17 heteroatoms. The van der Waals surface area contributed by atoms with Crippen LogP contribution >= 0.6 is 12.2 Å². The highest BCUT2D eigenvalue weighted by molar-refractivity contribution is 7.81. The van der Waals surface area contributed by atoms with E-state index in [0.29, 0.717) is 35.4 Å². The molecule has 0 radical (unpaired) electrons. The molecule has 4 aliphatic rings. The Morgan fingerprint density at radius 2 is 1.58 bits per heavy atom. The fraction of sp³-hybridized carbons (Fsp3) is 0.447. The molecule has 4 aromatic rings. The summed E-state index contributed by atoms with van der Waals surface area (Å²) in [4.78, 5) is 63.6. The summed E-state index contributed by atoms with van der Waals surface area (Å²) in [6.45, 7) is 12.0. The van der Waals surface area contributed by atoms with E-state index < -0.39 is 34.8 Å². The number of imide groups is 1. The number of anilines is 4. The van der Waals surface area contributed by atoms with Crippen LogP contribution in [-0.4, -0.2) is 101 Å². The number of urea groups is 1. The van der Waals surface area contributed by atoms with Crippen LogP contribution in [0.1, 0.15) is 87.3 Å². The third-order valence-electron chi connectivity index (χ3n) is 13.3. The number of carbonyl (C=O) groups is 4. The van der Waals surface area contributed by atoms with E-state index in [9.17, 15) is 37.6 Å². The van der Waals surface area contributed by atoms with Gasteiger partial charge in [0.1, 0.15) is 5.54 Å². The zero-order chi connectivity index (χ0) is 45.8. The van der Waals surface area contributed by atoms with Crippen LogP contribution < -0.4 is 24.9 Å². The minimum atomic E-state index is -4.78. The first kappa shape index (κ1) is 44.6. The molecule has 0 saturated carbocycles. The van der Waals surface area contributed by atoms with E-state index in [0.717, 1.165) is 85.5 Å². The Morgan fingerprint density at radius 3 is 2.20 bits per heavy atom. The number of hydrogen-bond donors (Lipinski definition) is 1. The SMILES string of the molecule is CC(C)n1ccc2c(N3CCC(=O)NC3=O)cc(C(=O)N(C)CC3CCN(C4CCN(c5ccc(N6C(=S)N(c7ccc(C#N)c(C(F)(F)F)c7)C(=O)C6(C)C)cc5)CC4)CC3)cc21. The number of aromatic nitrogens is 1. The van der Waals surface area contributed by atoms with Crippen molar-refractivity contribution in [1.82, 2.24) is 19.7 Å². The van der Waals surface area contributed by atoms with Gasteiger partial charge in [-0.3, -0.25) is 29.5 Å². The van der Waals surface area contributed by atoms with Crippen molar-refractivity contribution in [1.29, 1.82) is 5.26 Å². The van der Waals surface area contributed by atoms with E-state index >= 15 is 0 Å². The fourth-order valence-corrected chi connectivity index (χ4v) is 10.3. The predicted molar refractivity (Wildman–Crippen MR) is 244 cm³/mol. The maximum Gasteiger partial charge on any atom is 0.417 e. The highest BCUT2D eigenvalue weighted by Gasteiger charge is 2.51. The van der Waals surface area contributed by atoms with Gasteiger partial charge < -0.3 is 24.2 Å². The van der Waals surface area contributed by atoms with E-state index in [1.54, 1.807) is 40.7 Å². The lowest BCUT2D eigenvalue weighted by atomic mass is 9.92. The highest BCUT2D eigenvalue weighted by Crippen LogP contribution is 2.41. The second-order valence-electron chi connectivity index (χ2n) is 18.1. The third kappa shape index (κ3) is 8.29. The van der Waals surface area contributed by atoms with Crippen molar-refractivity contribution in [3.63, 3.8) is 0 Å². The smallest absolute Gasteiger partial charge is 0.371 e. The van der Waals surface area contributed by atoms with Crippen molar-refractivity contribution in [3.05, 3.63) is 83.6 Å². The van der Waals surface area contributed by atoms with Crippen LogP contribution in [0.5, 0.6) is 0 Å². The number of rotatable bonds is 9. The summed E-state index contributed by atoms with van der Waals surface area (Å²) < 4.78 is 43.5. The van der Waals surface area contributed by atoms with E-state index in [-0.39, 0.29) is 41.6 Å². The van der Waals surface area contributed by atoms with E-state index in [2.05, 4.69) is 33.5 Å². The van der Waals surface area contributed by atoms with Gasteiger partial charge in [0.05, 0.1) is 34.1 Å². The Bertz CT molecular complexity index is 2550. The van der Waals surface area contributed by atoms with Gasteiger partial charge in [-0.15, -0.1) is 0 Å². The number of likely N-dealkylation sites (tertiary alicyclic amines) is 1. The zero-order valence-electron chi connectivity index (χ0n) is 36.6. The van der Waals surface area contributed by atoms with Gasteiger partial charge in [0.2, 0.25) is 5.91 Å². The quantitative estimate of drug-likeness (QED) is 0.167. The summed E-state index contributed by atoms with van der Waals surface area (Å²) in [7, 11) is 1.84. The number of benzene rings is 3. The molecule has 8 rings (SSSR count). The molecule has 64 heavy (non-hydrogen) atoms. The number of hydrogen-bond acceptors (Lipinski definition) is 8. The Morgan fingerprint density at radius 1 is 0.922 bits per heavy atom. The number of amides is 5. The molecular weight excluding hydrogens is 844 g/mol. The summed E-state index contributed by atoms with van der Waals surface area (Å²) in [5, 5.41) is 12.6. The summed E-state index contributed by atoms with van der Waals surface area (Å²) in [6.07, 6.45) is 1.32. The molecule has 5 amide bonds. The van der Waals surface area contributed by atoms with Crippen LogP contribution in [0, 0.1) is 17.2 Å². The predicted octanol–water partition coefficient (Wildman–Crippen LogP) is 7.93. The molecule has 4 aliphatic heterocycles. The lowest BCUT2D eigenvalue weighted by molar-refractivity contribution is -0.137. The second-order valence-corrected chi connectivity index (χ2v) is 18.4. The summed E-state index contributed by atoms with van der Waals surface area (Å²) in [5.74, 6) is -0.541. The average molecular weight is 896 g/mol. The zero-order valence-corrected chi connectivity index (χ0v) is 37.4.